The molecule has 0 saturated carbocycles. The van der Waals surface area contributed by atoms with Crippen molar-refractivity contribution >= 4 is 23.3 Å². The molecule has 0 atom stereocenters. The van der Waals surface area contributed by atoms with Crippen molar-refractivity contribution < 1.29 is 19.1 Å². The highest BCUT2D eigenvalue weighted by Crippen LogP contribution is 2.17. The predicted octanol–water partition coefficient (Wildman–Crippen LogP) is 0.197. The van der Waals surface area contributed by atoms with E-state index in [0.29, 0.717) is 62.4 Å². The standard InChI is InChI=1S/C21H25N7O4/c1-25-19(16(13-22-25)20(30)26-4-8-31-9-5-26)17(29)12-15-2-3-18-23-21(24-28(18)14-15)27-6-10-32-11-7-27/h2-3,13-14H,4-12H2,1H3. The Bertz CT molecular complexity index is 1140. The van der Waals surface area contributed by atoms with Gasteiger partial charge in [0.15, 0.2) is 11.4 Å². The second-order valence-electron chi connectivity index (χ2n) is 7.89. The van der Waals surface area contributed by atoms with E-state index in [1.165, 1.54) is 10.9 Å². The van der Waals surface area contributed by atoms with Crippen molar-refractivity contribution in [2.24, 2.45) is 7.05 Å². The Labute approximate surface area is 184 Å². The normalized spacial score (nSPS) is 17.2. The van der Waals surface area contributed by atoms with E-state index in [9.17, 15) is 9.59 Å². The summed E-state index contributed by atoms with van der Waals surface area (Å²) in [6.07, 6.45) is 3.41. The minimum Gasteiger partial charge on any atom is -0.378 e. The van der Waals surface area contributed by atoms with Crippen LogP contribution in [0.15, 0.2) is 24.5 Å². The van der Waals surface area contributed by atoms with Gasteiger partial charge in [-0.3, -0.25) is 14.3 Å². The summed E-state index contributed by atoms with van der Waals surface area (Å²) in [4.78, 5) is 34.5. The van der Waals surface area contributed by atoms with E-state index in [1.807, 2.05) is 18.3 Å². The second-order valence-corrected chi connectivity index (χ2v) is 7.89. The fourth-order valence-electron chi connectivity index (χ4n) is 4.05. The molecule has 0 aliphatic carbocycles. The number of carbonyl (C=O) groups is 2. The SMILES string of the molecule is Cn1ncc(C(=O)N2CCOCC2)c1C(=O)Cc1ccc2nc(N3CCOCC3)nn2c1. The van der Waals surface area contributed by atoms with Crippen LogP contribution >= 0.6 is 0 Å². The molecule has 0 bridgehead atoms. The molecule has 2 saturated heterocycles. The van der Waals surface area contributed by atoms with Gasteiger partial charge in [-0.2, -0.15) is 10.1 Å². The van der Waals surface area contributed by atoms with Crippen molar-refractivity contribution in [3.05, 3.63) is 41.3 Å². The van der Waals surface area contributed by atoms with Crippen molar-refractivity contribution in [3.8, 4) is 0 Å². The van der Waals surface area contributed by atoms with Crippen molar-refractivity contribution in [2.45, 2.75) is 6.42 Å². The number of amides is 1. The number of pyridine rings is 1. The van der Waals surface area contributed by atoms with Crippen molar-refractivity contribution in [2.75, 3.05) is 57.5 Å². The molecule has 32 heavy (non-hydrogen) atoms. The molecule has 0 radical (unpaired) electrons. The Kier molecular flexibility index (Phi) is 5.58. The summed E-state index contributed by atoms with van der Waals surface area (Å²) < 4.78 is 13.9. The van der Waals surface area contributed by atoms with E-state index >= 15 is 0 Å². The Balaban J connectivity index is 1.35. The molecule has 11 heteroatoms. The highest BCUT2D eigenvalue weighted by atomic mass is 16.5. The third-order valence-corrected chi connectivity index (χ3v) is 5.77. The highest BCUT2D eigenvalue weighted by molar-refractivity contribution is 6.07. The lowest BCUT2D eigenvalue weighted by molar-refractivity contribution is 0.0301. The van der Waals surface area contributed by atoms with Gasteiger partial charge in [0, 0.05) is 45.8 Å². The van der Waals surface area contributed by atoms with Crippen molar-refractivity contribution in [1.82, 2.24) is 29.3 Å². The average Bonchev–Trinajstić information content (AvgIpc) is 3.43. The third-order valence-electron chi connectivity index (χ3n) is 5.77. The monoisotopic (exact) mass is 439 g/mol. The van der Waals surface area contributed by atoms with E-state index < -0.39 is 0 Å². The molecule has 5 heterocycles. The summed E-state index contributed by atoms with van der Waals surface area (Å²) in [7, 11) is 1.68. The topological polar surface area (TPSA) is 107 Å². The fraction of sp³-hybridized carbons (Fsp3) is 0.476. The third kappa shape index (κ3) is 3.96. The number of aromatic nitrogens is 5. The van der Waals surface area contributed by atoms with Gasteiger partial charge >= 0.3 is 0 Å². The molecule has 2 aliphatic heterocycles. The molecule has 168 valence electrons. The minimum absolute atomic E-state index is 0.131. The van der Waals surface area contributed by atoms with Gasteiger partial charge in [0.05, 0.1) is 38.2 Å². The zero-order valence-electron chi connectivity index (χ0n) is 17.9. The lowest BCUT2D eigenvalue weighted by atomic mass is 10.1. The second kappa shape index (κ2) is 8.67. The van der Waals surface area contributed by atoms with E-state index in [2.05, 4.69) is 20.1 Å². The number of fused-ring (bicyclic) bond motifs is 1. The summed E-state index contributed by atoms with van der Waals surface area (Å²) in [6.45, 7) is 4.84. The smallest absolute Gasteiger partial charge is 0.257 e. The summed E-state index contributed by atoms with van der Waals surface area (Å²) >= 11 is 0. The van der Waals surface area contributed by atoms with Crippen LogP contribution < -0.4 is 4.90 Å². The first-order valence-corrected chi connectivity index (χ1v) is 10.7. The van der Waals surface area contributed by atoms with Crippen LogP contribution in [-0.2, 0) is 22.9 Å². The maximum absolute atomic E-state index is 13.2. The largest absolute Gasteiger partial charge is 0.378 e. The van der Waals surface area contributed by atoms with Gasteiger partial charge in [-0.1, -0.05) is 6.07 Å². The van der Waals surface area contributed by atoms with Crippen LogP contribution in [0.5, 0.6) is 0 Å². The van der Waals surface area contributed by atoms with Gasteiger partial charge in [0.1, 0.15) is 5.69 Å². The number of rotatable bonds is 5. The number of anilines is 1. The number of nitrogens with zero attached hydrogens (tertiary/aromatic N) is 7. The molecular formula is C21H25N7O4. The molecule has 2 fully saturated rings. The lowest BCUT2D eigenvalue weighted by Crippen LogP contribution is -2.41. The van der Waals surface area contributed by atoms with E-state index in [1.54, 1.807) is 16.5 Å². The molecule has 0 spiro atoms. The van der Waals surface area contributed by atoms with Gasteiger partial charge in [-0.15, -0.1) is 5.10 Å². The van der Waals surface area contributed by atoms with Gasteiger partial charge in [0.25, 0.3) is 5.91 Å². The number of ether oxygens (including phenoxy) is 2. The zero-order chi connectivity index (χ0) is 22.1. The zero-order valence-corrected chi connectivity index (χ0v) is 17.9. The molecule has 0 aromatic carbocycles. The van der Waals surface area contributed by atoms with Crippen LogP contribution in [-0.4, -0.2) is 93.6 Å². The van der Waals surface area contributed by atoms with Gasteiger partial charge in [-0.05, 0) is 11.6 Å². The van der Waals surface area contributed by atoms with Crippen LogP contribution in [0.25, 0.3) is 5.65 Å². The molecule has 2 aliphatic rings. The molecular weight excluding hydrogens is 414 g/mol. The van der Waals surface area contributed by atoms with Crippen LogP contribution in [0.3, 0.4) is 0 Å². The van der Waals surface area contributed by atoms with Crippen LogP contribution in [0.2, 0.25) is 0 Å². The average molecular weight is 439 g/mol. The number of ketones is 1. The van der Waals surface area contributed by atoms with Crippen LogP contribution in [0.4, 0.5) is 5.95 Å². The fourth-order valence-corrected chi connectivity index (χ4v) is 4.05. The number of aryl methyl sites for hydroxylation is 1. The van der Waals surface area contributed by atoms with E-state index in [0.717, 1.165) is 18.7 Å². The summed E-state index contributed by atoms with van der Waals surface area (Å²) in [6, 6.07) is 3.72. The Morgan fingerprint density at radius 3 is 2.50 bits per heavy atom. The maximum atomic E-state index is 13.2. The first-order valence-electron chi connectivity index (χ1n) is 10.7. The van der Waals surface area contributed by atoms with E-state index in [-0.39, 0.29) is 18.1 Å². The van der Waals surface area contributed by atoms with Crippen LogP contribution in [0.1, 0.15) is 26.4 Å². The highest BCUT2D eigenvalue weighted by Gasteiger charge is 2.27. The Morgan fingerprint density at radius 2 is 1.75 bits per heavy atom. The maximum Gasteiger partial charge on any atom is 0.257 e. The van der Waals surface area contributed by atoms with Crippen LogP contribution in [0, 0.1) is 0 Å². The number of hydrogen-bond donors (Lipinski definition) is 0. The minimum atomic E-state index is -0.188. The first-order chi connectivity index (χ1) is 15.6. The molecule has 0 N–H and O–H groups in total. The van der Waals surface area contributed by atoms with Crippen molar-refractivity contribution in [1.29, 1.82) is 0 Å². The van der Waals surface area contributed by atoms with Gasteiger partial charge in [-0.25, -0.2) is 4.52 Å². The Hall–Kier alpha value is -3.31. The Morgan fingerprint density at radius 1 is 1.03 bits per heavy atom. The molecule has 3 aromatic heterocycles. The molecule has 3 aromatic rings. The van der Waals surface area contributed by atoms with Crippen molar-refractivity contribution in [3.63, 3.8) is 0 Å². The summed E-state index contributed by atoms with van der Waals surface area (Å²) in [5.41, 5.74) is 2.14. The first kappa shape index (κ1) is 20.6. The predicted molar refractivity (Wildman–Crippen MR) is 114 cm³/mol. The number of Topliss-reactive ketones (excluding diaryl/α,β-unsaturated/α-hetero) is 1. The summed E-state index contributed by atoms with van der Waals surface area (Å²) in [5, 5.41) is 8.74. The molecule has 11 nitrogen and oxygen atoms in total. The summed E-state index contributed by atoms with van der Waals surface area (Å²) in [5.74, 6) is 0.294. The van der Waals surface area contributed by atoms with Gasteiger partial charge in [0.2, 0.25) is 5.95 Å². The quantitative estimate of drug-likeness (QED) is 0.519. The number of carbonyl (C=O) groups excluding carboxylic acids is 2. The molecule has 0 unspecified atom stereocenters. The number of hydrogen-bond acceptors (Lipinski definition) is 8. The van der Waals surface area contributed by atoms with Gasteiger partial charge < -0.3 is 19.3 Å². The lowest BCUT2D eigenvalue weighted by Gasteiger charge is -2.26. The van der Waals surface area contributed by atoms with E-state index in [4.69, 9.17) is 9.47 Å². The molecule has 1 amide bonds. The molecule has 5 rings (SSSR count). The number of morpholine rings is 2.